The normalized spacial score (nSPS) is 12.2. The van der Waals surface area contributed by atoms with Crippen LogP contribution in [0.3, 0.4) is 0 Å². The van der Waals surface area contributed by atoms with Crippen molar-refractivity contribution in [3.8, 4) is 5.75 Å². The topological polar surface area (TPSA) is 48.1 Å². The van der Waals surface area contributed by atoms with Crippen LogP contribution in [0.1, 0.15) is 23.9 Å². The quantitative estimate of drug-likeness (QED) is 0.917. The predicted octanol–water partition coefficient (Wildman–Crippen LogP) is 3.65. The maximum absolute atomic E-state index is 13.7. The van der Waals surface area contributed by atoms with Crippen LogP contribution in [0, 0.1) is 12.7 Å². The molecule has 0 saturated carbocycles. The van der Waals surface area contributed by atoms with Gasteiger partial charge in [0.2, 0.25) is 0 Å². The summed E-state index contributed by atoms with van der Waals surface area (Å²) in [5.74, 6) is 0.283. The van der Waals surface area contributed by atoms with Gasteiger partial charge in [-0.25, -0.2) is 4.39 Å². The summed E-state index contributed by atoms with van der Waals surface area (Å²) in [6, 6.07) is 8.07. The minimum atomic E-state index is -0.340. The molecule has 21 heavy (non-hydrogen) atoms. The Morgan fingerprint density at radius 2 is 2.10 bits per heavy atom. The van der Waals surface area contributed by atoms with Crippen LogP contribution >= 0.6 is 11.6 Å². The van der Waals surface area contributed by atoms with Gasteiger partial charge in [-0.3, -0.25) is 4.98 Å². The number of nitrogens with two attached hydrogens (primary N) is 1. The molecule has 1 unspecified atom stereocenters. The van der Waals surface area contributed by atoms with E-state index in [2.05, 4.69) is 4.98 Å². The number of pyridine rings is 1. The van der Waals surface area contributed by atoms with Gasteiger partial charge in [-0.2, -0.15) is 0 Å². The van der Waals surface area contributed by atoms with Crippen molar-refractivity contribution in [3.63, 3.8) is 0 Å². The van der Waals surface area contributed by atoms with Crippen LogP contribution in [0.2, 0.25) is 5.02 Å². The molecular weight excluding hydrogens is 291 g/mol. The fourth-order valence-corrected chi connectivity index (χ4v) is 2.18. The van der Waals surface area contributed by atoms with Gasteiger partial charge in [0.1, 0.15) is 18.2 Å². The highest BCUT2D eigenvalue weighted by molar-refractivity contribution is 6.30. The van der Waals surface area contributed by atoms with E-state index in [0.717, 1.165) is 11.4 Å². The van der Waals surface area contributed by atoms with E-state index in [0.29, 0.717) is 22.8 Å². The maximum atomic E-state index is 13.7. The fourth-order valence-electron chi connectivity index (χ4n) is 1.99. The molecule has 5 heteroatoms. The van der Waals surface area contributed by atoms with E-state index in [1.165, 1.54) is 12.1 Å². The van der Waals surface area contributed by atoms with Crippen molar-refractivity contribution >= 4 is 11.6 Å². The molecular formula is C16H18ClFN2O. The molecule has 2 rings (SSSR count). The zero-order valence-corrected chi connectivity index (χ0v) is 12.8. The Morgan fingerprint density at radius 1 is 1.33 bits per heavy atom. The van der Waals surface area contributed by atoms with Gasteiger partial charge in [0, 0.05) is 28.7 Å². The molecule has 0 aliphatic heterocycles. The molecule has 3 nitrogen and oxygen atoms in total. The molecule has 1 aromatic carbocycles. The van der Waals surface area contributed by atoms with Gasteiger partial charge < -0.3 is 10.5 Å². The van der Waals surface area contributed by atoms with Gasteiger partial charge >= 0.3 is 0 Å². The second kappa shape index (κ2) is 6.87. The first-order valence-electron chi connectivity index (χ1n) is 6.74. The zero-order valence-electron chi connectivity index (χ0n) is 12.1. The standard InChI is InChI=1S/C16H18ClFN2O/c1-10(19)7-15-16(6-3-11(2)20-15)21-9-12-8-13(17)4-5-14(12)18/h3-6,8,10H,7,9,19H2,1-2H3. The number of aryl methyl sites for hydroxylation is 1. The van der Waals surface area contributed by atoms with Crippen LogP contribution in [-0.2, 0) is 13.0 Å². The third-order valence-electron chi connectivity index (χ3n) is 2.98. The van der Waals surface area contributed by atoms with Crippen molar-refractivity contribution < 1.29 is 9.13 Å². The molecule has 2 N–H and O–H groups in total. The van der Waals surface area contributed by atoms with Gasteiger partial charge in [0.05, 0.1) is 5.69 Å². The minimum Gasteiger partial charge on any atom is -0.487 e. The highest BCUT2D eigenvalue weighted by Crippen LogP contribution is 2.21. The summed E-state index contributed by atoms with van der Waals surface area (Å²) >= 11 is 5.87. The van der Waals surface area contributed by atoms with Crippen LogP contribution in [0.25, 0.3) is 0 Å². The smallest absolute Gasteiger partial charge is 0.141 e. The summed E-state index contributed by atoms with van der Waals surface area (Å²) in [5, 5.41) is 0.479. The van der Waals surface area contributed by atoms with Crippen molar-refractivity contribution in [2.45, 2.75) is 32.9 Å². The van der Waals surface area contributed by atoms with E-state index < -0.39 is 0 Å². The Balaban J connectivity index is 2.17. The summed E-state index contributed by atoms with van der Waals surface area (Å²) < 4.78 is 19.4. The Bertz CT molecular complexity index is 632. The van der Waals surface area contributed by atoms with Crippen LogP contribution in [0.15, 0.2) is 30.3 Å². The van der Waals surface area contributed by atoms with E-state index >= 15 is 0 Å². The summed E-state index contributed by atoms with van der Waals surface area (Å²) in [6.45, 7) is 3.92. The number of ether oxygens (including phenoxy) is 1. The Labute approximate surface area is 128 Å². The monoisotopic (exact) mass is 308 g/mol. The van der Waals surface area contributed by atoms with Crippen LogP contribution in [0.5, 0.6) is 5.75 Å². The molecule has 0 aliphatic rings. The molecule has 2 aromatic rings. The average molecular weight is 309 g/mol. The first-order chi connectivity index (χ1) is 9.95. The van der Waals surface area contributed by atoms with E-state index in [9.17, 15) is 4.39 Å². The number of halogens is 2. The maximum Gasteiger partial charge on any atom is 0.141 e. The summed E-state index contributed by atoms with van der Waals surface area (Å²) in [7, 11) is 0. The number of aromatic nitrogens is 1. The molecule has 0 radical (unpaired) electrons. The molecule has 0 saturated heterocycles. The molecule has 1 heterocycles. The number of hydrogen-bond acceptors (Lipinski definition) is 3. The summed E-state index contributed by atoms with van der Waals surface area (Å²) in [5.41, 5.74) is 7.91. The number of rotatable bonds is 5. The van der Waals surface area contributed by atoms with E-state index in [4.69, 9.17) is 22.1 Å². The van der Waals surface area contributed by atoms with Crippen LogP contribution in [0.4, 0.5) is 4.39 Å². The third-order valence-corrected chi connectivity index (χ3v) is 3.21. The highest BCUT2D eigenvalue weighted by atomic mass is 35.5. The lowest BCUT2D eigenvalue weighted by Gasteiger charge is -2.13. The Hall–Kier alpha value is -1.65. The lowest BCUT2D eigenvalue weighted by molar-refractivity contribution is 0.294. The second-order valence-corrected chi connectivity index (χ2v) is 5.54. The molecule has 1 atom stereocenters. The summed E-state index contributed by atoms with van der Waals surface area (Å²) in [4.78, 5) is 4.44. The highest BCUT2D eigenvalue weighted by Gasteiger charge is 2.10. The van der Waals surface area contributed by atoms with Crippen molar-refractivity contribution in [2.24, 2.45) is 5.73 Å². The molecule has 0 amide bonds. The van der Waals surface area contributed by atoms with Gasteiger partial charge in [0.15, 0.2) is 0 Å². The SMILES string of the molecule is Cc1ccc(OCc2cc(Cl)ccc2F)c(CC(C)N)n1. The Morgan fingerprint density at radius 3 is 2.81 bits per heavy atom. The van der Waals surface area contributed by atoms with Crippen LogP contribution < -0.4 is 10.5 Å². The molecule has 0 fully saturated rings. The average Bonchev–Trinajstić information content (AvgIpc) is 2.41. The van der Waals surface area contributed by atoms with Crippen molar-refractivity contribution in [1.29, 1.82) is 0 Å². The third kappa shape index (κ3) is 4.41. The van der Waals surface area contributed by atoms with E-state index in [1.807, 2.05) is 26.0 Å². The Kier molecular flexibility index (Phi) is 5.15. The first-order valence-corrected chi connectivity index (χ1v) is 7.12. The molecule has 112 valence electrons. The van der Waals surface area contributed by atoms with E-state index in [-0.39, 0.29) is 18.5 Å². The second-order valence-electron chi connectivity index (χ2n) is 5.10. The number of nitrogens with zero attached hydrogens (tertiary/aromatic N) is 1. The molecule has 0 spiro atoms. The van der Waals surface area contributed by atoms with Gasteiger partial charge in [-0.15, -0.1) is 0 Å². The zero-order chi connectivity index (χ0) is 15.4. The van der Waals surface area contributed by atoms with Crippen molar-refractivity contribution in [3.05, 3.63) is 58.1 Å². The van der Waals surface area contributed by atoms with Crippen molar-refractivity contribution in [1.82, 2.24) is 4.98 Å². The molecule has 0 bridgehead atoms. The lowest BCUT2D eigenvalue weighted by Crippen LogP contribution is -2.19. The van der Waals surface area contributed by atoms with Gasteiger partial charge in [-0.1, -0.05) is 11.6 Å². The predicted molar refractivity (Wildman–Crippen MR) is 82.1 cm³/mol. The van der Waals surface area contributed by atoms with Crippen LogP contribution in [-0.4, -0.2) is 11.0 Å². The minimum absolute atomic E-state index is 0.0236. The number of hydrogen-bond donors (Lipinski definition) is 1. The largest absolute Gasteiger partial charge is 0.487 e. The van der Waals surface area contributed by atoms with E-state index in [1.54, 1.807) is 6.07 Å². The summed E-state index contributed by atoms with van der Waals surface area (Å²) in [6.07, 6.45) is 0.606. The first kappa shape index (κ1) is 15.7. The number of benzene rings is 1. The lowest BCUT2D eigenvalue weighted by atomic mass is 10.1. The molecule has 1 aromatic heterocycles. The van der Waals surface area contributed by atoms with Crippen molar-refractivity contribution in [2.75, 3.05) is 0 Å². The fraction of sp³-hybridized carbons (Fsp3) is 0.312. The van der Waals surface area contributed by atoms with Gasteiger partial charge in [-0.05, 0) is 44.2 Å². The van der Waals surface area contributed by atoms with Gasteiger partial charge in [0.25, 0.3) is 0 Å². The molecule has 0 aliphatic carbocycles.